The first-order chi connectivity index (χ1) is 7.25. The van der Waals surface area contributed by atoms with E-state index in [1.807, 2.05) is 0 Å². The Morgan fingerprint density at radius 2 is 2.07 bits per heavy atom. The van der Waals surface area contributed by atoms with E-state index in [2.05, 4.69) is 0 Å². The average Bonchev–Trinajstić information content (AvgIpc) is 2.84. The lowest BCUT2D eigenvalue weighted by atomic mass is 10.4. The van der Waals surface area contributed by atoms with Crippen LogP contribution in [0.5, 0.6) is 0 Å². The number of hydrogen-bond donors (Lipinski definition) is 0. The summed E-state index contributed by atoms with van der Waals surface area (Å²) in [7, 11) is 0. The second kappa shape index (κ2) is 3.68. The maximum absolute atomic E-state index is 13.9. The van der Waals surface area contributed by atoms with E-state index in [0.717, 1.165) is 4.70 Å². The number of halogens is 2. The van der Waals surface area contributed by atoms with Crippen LogP contribution in [0.25, 0.3) is 9.40 Å². The van der Waals surface area contributed by atoms with Gasteiger partial charge in [-0.05, 0) is 6.07 Å². The topological polar surface area (TPSA) is 18.5 Å². The number of thiophene rings is 2. The van der Waals surface area contributed by atoms with E-state index in [-0.39, 0.29) is 5.82 Å². The van der Waals surface area contributed by atoms with Crippen molar-refractivity contribution in [1.29, 1.82) is 0 Å². The molecule has 2 nitrogen and oxygen atoms in total. The van der Waals surface area contributed by atoms with Crippen LogP contribution in [0.2, 0.25) is 4.34 Å². The smallest absolute Gasteiger partial charge is 0.196 e. The highest BCUT2D eigenvalue weighted by Gasteiger charge is 2.26. The van der Waals surface area contributed by atoms with Gasteiger partial charge in [0.15, 0.2) is 12.1 Å². The van der Waals surface area contributed by atoms with Gasteiger partial charge in [0, 0.05) is 0 Å². The van der Waals surface area contributed by atoms with Crippen molar-refractivity contribution in [1.82, 2.24) is 0 Å². The van der Waals surface area contributed by atoms with Gasteiger partial charge >= 0.3 is 0 Å². The quantitative estimate of drug-likeness (QED) is 0.780. The minimum atomic E-state index is -0.534. The van der Waals surface area contributed by atoms with E-state index in [1.54, 1.807) is 6.07 Å². The van der Waals surface area contributed by atoms with E-state index >= 15 is 0 Å². The molecule has 1 saturated heterocycles. The average molecular weight is 265 g/mol. The summed E-state index contributed by atoms with van der Waals surface area (Å²) >= 11 is 8.40. The minimum absolute atomic E-state index is 0.251. The van der Waals surface area contributed by atoms with Crippen molar-refractivity contribution in [2.45, 2.75) is 6.29 Å². The zero-order valence-corrected chi connectivity index (χ0v) is 9.85. The molecular weight excluding hydrogens is 259 g/mol. The Hall–Kier alpha value is -0.200. The zero-order valence-electron chi connectivity index (χ0n) is 7.46. The summed E-state index contributed by atoms with van der Waals surface area (Å²) in [5.74, 6) is -0.251. The number of hydrogen-bond acceptors (Lipinski definition) is 4. The van der Waals surface area contributed by atoms with Crippen molar-refractivity contribution in [2.24, 2.45) is 0 Å². The zero-order chi connectivity index (χ0) is 10.4. The lowest BCUT2D eigenvalue weighted by molar-refractivity contribution is -0.0433. The lowest BCUT2D eigenvalue weighted by Gasteiger charge is -2.05. The van der Waals surface area contributed by atoms with E-state index < -0.39 is 6.29 Å². The third kappa shape index (κ3) is 1.59. The molecule has 15 heavy (non-hydrogen) atoms. The van der Waals surface area contributed by atoms with Gasteiger partial charge in [-0.15, -0.1) is 22.7 Å². The largest absolute Gasteiger partial charge is 0.345 e. The minimum Gasteiger partial charge on any atom is -0.345 e. The van der Waals surface area contributed by atoms with Gasteiger partial charge in [0.25, 0.3) is 0 Å². The molecule has 0 aromatic carbocycles. The Morgan fingerprint density at radius 3 is 2.73 bits per heavy atom. The highest BCUT2D eigenvalue weighted by atomic mass is 35.5. The van der Waals surface area contributed by atoms with Crippen molar-refractivity contribution in [2.75, 3.05) is 13.2 Å². The Morgan fingerprint density at radius 1 is 1.33 bits per heavy atom. The van der Waals surface area contributed by atoms with Crippen LogP contribution in [-0.4, -0.2) is 13.2 Å². The van der Waals surface area contributed by atoms with Crippen LogP contribution in [0.1, 0.15) is 11.2 Å². The van der Waals surface area contributed by atoms with E-state index in [1.165, 1.54) is 22.7 Å². The molecule has 2 aromatic heterocycles. The van der Waals surface area contributed by atoms with Gasteiger partial charge in [-0.3, -0.25) is 0 Å². The number of rotatable bonds is 1. The third-order valence-electron chi connectivity index (χ3n) is 2.14. The van der Waals surface area contributed by atoms with Crippen LogP contribution >= 0.6 is 34.3 Å². The molecule has 0 bridgehead atoms. The molecule has 3 rings (SSSR count). The van der Waals surface area contributed by atoms with E-state index in [9.17, 15) is 4.39 Å². The first-order valence-corrected chi connectivity index (χ1v) is 6.37. The second-order valence-electron chi connectivity index (χ2n) is 3.10. The summed E-state index contributed by atoms with van der Waals surface area (Å²) in [6, 6.07) is 1.77. The second-order valence-corrected chi connectivity index (χ2v) is 5.86. The molecule has 0 aliphatic carbocycles. The van der Waals surface area contributed by atoms with Crippen molar-refractivity contribution in [3.05, 3.63) is 21.1 Å². The molecule has 3 heterocycles. The molecule has 0 radical (unpaired) electrons. The first-order valence-electron chi connectivity index (χ1n) is 4.36. The van der Waals surface area contributed by atoms with E-state index in [0.29, 0.717) is 27.1 Å². The van der Waals surface area contributed by atoms with Gasteiger partial charge in [-0.25, -0.2) is 4.39 Å². The van der Waals surface area contributed by atoms with Crippen LogP contribution in [0.3, 0.4) is 0 Å². The van der Waals surface area contributed by atoms with Gasteiger partial charge in [-0.1, -0.05) is 11.6 Å². The van der Waals surface area contributed by atoms with Gasteiger partial charge in [0.05, 0.1) is 31.8 Å². The fourth-order valence-corrected chi connectivity index (χ4v) is 4.06. The number of fused-ring (bicyclic) bond motifs is 1. The maximum atomic E-state index is 13.9. The fourth-order valence-electron chi connectivity index (χ4n) is 1.51. The van der Waals surface area contributed by atoms with Gasteiger partial charge in [0.1, 0.15) is 0 Å². The predicted octanol–water partition coefficient (Wildman–Crippen LogP) is 3.80. The molecule has 0 atom stereocenters. The van der Waals surface area contributed by atoms with Crippen LogP contribution in [0, 0.1) is 5.82 Å². The van der Waals surface area contributed by atoms with Gasteiger partial charge in [-0.2, -0.15) is 0 Å². The van der Waals surface area contributed by atoms with Crippen LogP contribution in [0.15, 0.2) is 6.07 Å². The van der Waals surface area contributed by atoms with Crippen molar-refractivity contribution in [3.63, 3.8) is 0 Å². The molecule has 0 amide bonds. The SMILES string of the molecule is Fc1c(C2OCCO2)sc2cc(Cl)sc12. The molecule has 0 saturated carbocycles. The molecule has 1 fully saturated rings. The molecule has 1 aliphatic heterocycles. The van der Waals surface area contributed by atoms with Crippen molar-refractivity contribution < 1.29 is 13.9 Å². The molecule has 2 aromatic rings. The Labute approximate surface area is 98.2 Å². The van der Waals surface area contributed by atoms with Crippen molar-refractivity contribution >= 4 is 43.7 Å². The standard InChI is InChI=1S/C9H6ClFO2S2/c10-5-3-4-7(15-5)6(11)8(14-4)9-12-1-2-13-9/h3,9H,1-2H2. The maximum Gasteiger partial charge on any atom is 0.196 e. The third-order valence-corrected chi connectivity index (χ3v) is 4.66. The van der Waals surface area contributed by atoms with Crippen molar-refractivity contribution in [3.8, 4) is 0 Å². The normalized spacial score (nSPS) is 18.0. The first kappa shape index (κ1) is 9.99. The molecule has 1 aliphatic rings. The van der Waals surface area contributed by atoms with Gasteiger partial charge in [0.2, 0.25) is 0 Å². The number of ether oxygens (including phenoxy) is 2. The lowest BCUT2D eigenvalue weighted by Crippen LogP contribution is -1.96. The van der Waals surface area contributed by atoms with Crippen LogP contribution in [-0.2, 0) is 9.47 Å². The molecular formula is C9H6ClFO2S2. The summed E-state index contributed by atoms with van der Waals surface area (Å²) in [5.41, 5.74) is 0. The Kier molecular flexibility index (Phi) is 2.45. The molecule has 0 N–H and O–H groups in total. The predicted molar refractivity (Wildman–Crippen MR) is 59.3 cm³/mol. The molecule has 0 spiro atoms. The molecule has 0 unspecified atom stereocenters. The molecule has 6 heteroatoms. The monoisotopic (exact) mass is 264 g/mol. The van der Waals surface area contributed by atoms with Gasteiger partial charge < -0.3 is 9.47 Å². The summed E-state index contributed by atoms with van der Waals surface area (Å²) < 4.78 is 26.5. The summed E-state index contributed by atoms with van der Waals surface area (Å²) in [4.78, 5) is 0.519. The Bertz CT molecular complexity index is 501. The summed E-state index contributed by atoms with van der Waals surface area (Å²) in [5, 5.41) is 0. The van der Waals surface area contributed by atoms with Crippen LogP contribution in [0.4, 0.5) is 4.39 Å². The highest BCUT2D eigenvalue weighted by Crippen LogP contribution is 2.42. The summed E-state index contributed by atoms with van der Waals surface area (Å²) in [6.07, 6.45) is -0.534. The highest BCUT2D eigenvalue weighted by molar-refractivity contribution is 7.29. The Balaban J connectivity index is 2.11. The molecule has 80 valence electrons. The van der Waals surface area contributed by atoms with E-state index in [4.69, 9.17) is 21.1 Å². The fraction of sp³-hybridized carbons (Fsp3) is 0.333. The summed E-state index contributed by atoms with van der Waals surface area (Å²) in [6.45, 7) is 1.05. The van der Waals surface area contributed by atoms with Crippen LogP contribution < -0.4 is 0 Å².